The fourth-order valence-corrected chi connectivity index (χ4v) is 5.06. The Bertz CT molecular complexity index is 1020. The van der Waals surface area contributed by atoms with Gasteiger partial charge in [0.15, 0.2) is 0 Å². The molecular weight excluding hydrogens is 380 g/mol. The molecule has 1 N–H and O–H groups in total. The number of aryl methyl sites for hydroxylation is 1. The zero-order chi connectivity index (χ0) is 19.0. The van der Waals surface area contributed by atoms with Crippen molar-refractivity contribution in [2.75, 3.05) is 6.54 Å². The molecule has 7 heteroatoms. The zero-order valence-corrected chi connectivity index (χ0v) is 16.4. The Morgan fingerprint density at radius 1 is 1.30 bits per heavy atom. The normalized spacial score (nSPS) is 13.4. The van der Waals surface area contributed by atoms with Crippen LogP contribution in [0.4, 0.5) is 0 Å². The lowest BCUT2D eigenvalue weighted by molar-refractivity contribution is -0.131. The highest BCUT2D eigenvalue weighted by atomic mass is 32.1. The minimum Gasteiger partial charge on any atom is -0.478 e. The quantitative estimate of drug-likeness (QED) is 0.721. The number of carbonyl (C=O) groups is 2. The highest BCUT2D eigenvalue weighted by Gasteiger charge is 2.24. The average molecular weight is 399 g/mol. The Hall–Kier alpha value is -2.51. The minimum absolute atomic E-state index is 0.0282. The van der Waals surface area contributed by atoms with Crippen LogP contribution in [-0.2, 0) is 24.2 Å². The number of fused-ring (bicyclic) bond motifs is 1. The van der Waals surface area contributed by atoms with Crippen molar-refractivity contribution in [1.82, 2.24) is 9.88 Å². The fourth-order valence-electron chi connectivity index (χ4n) is 3.25. The van der Waals surface area contributed by atoms with Crippen LogP contribution in [0.2, 0.25) is 0 Å². The number of carboxylic acid groups (broad SMARTS) is 1. The van der Waals surface area contributed by atoms with Crippen LogP contribution >= 0.6 is 22.7 Å². The molecule has 1 aromatic carbocycles. The van der Waals surface area contributed by atoms with Gasteiger partial charge in [-0.2, -0.15) is 0 Å². The Balaban J connectivity index is 1.47. The molecule has 0 bridgehead atoms. The summed E-state index contributed by atoms with van der Waals surface area (Å²) in [5.74, 6) is -0.949. The molecule has 0 saturated heterocycles. The average Bonchev–Trinajstić information content (AvgIpc) is 3.27. The third kappa shape index (κ3) is 3.79. The Labute approximate surface area is 164 Å². The van der Waals surface area contributed by atoms with Gasteiger partial charge in [-0.1, -0.05) is 12.1 Å². The van der Waals surface area contributed by atoms with E-state index in [0.717, 1.165) is 27.6 Å². The molecule has 0 aliphatic carbocycles. The van der Waals surface area contributed by atoms with Crippen LogP contribution in [-0.4, -0.2) is 33.4 Å². The number of hydrogen-bond donors (Lipinski definition) is 1. The molecule has 0 radical (unpaired) electrons. The Morgan fingerprint density at radius 2 is 2.15 bits per heavy atom. The molecule has 2 aromatic heterocycles. The molecule has 27 heavy (non-hydrogen) atoms. The predicted molar refractivity (Wildman–Crippen MR) is 106 cm³/mol. The second-order valence-corrected chi connectivity index (χ2v) is 8.76. The van der Waals surface area contributed by atoms with Gasteiger partial charge >= 0.3 is 5.97 Å². The van der Waals surface area contributed by atoms with Gasteiger partial charge in [0.25, 0.3) is 0 Å². The summed E-state index contributed by atoms with van der Waals surface area (Å²) < 4.78 is 0. The van der Waals surface area contributed by atoms with Gasteiger partial charge in [-0.05, 0) is 42.7 Å². The first-order chi connectivity index (χ1) is 13.0. The maximum absolute atomic E-state index is 12.7. The first-order valence-corrected chi connectivity index (χ1v) is 10.3. The minimum atomic E-state index is -0.977. The summed E-state index contributed by atoms with van der Waals surface area (Å²) in [7, 11) is 0. The molecule has 5 nitrogen and oxygen atoms in total. The monoisotopic (exact) mass is 398 g/mol. The molecule has 1 aliphatic heterocycles. The lowest BCUT2D eigenvalue weighted by Crippen LogP contribution is -2.36. The molecular formula is C20H18N2O3S2. The van der Waals surface area contributed by atoms with Gasteiger partial charge in [-0.15, -0.1) is 22.7 Å². The van der Waals surface area contributed by atoms with E-state index in [1.165, 1.54) is 16.5 Å². The van der Waals surface area contributed by atoms with Gasteiger partial charge in [0.2, 0.25) is 5.91 Å². The van der Waals surface area contributed by atoms with Gasteiger partial charge in [-0.3, -0.25) is 4.79 Å². The molecule has 3 heterocycles. The fraction of sp³-hybridized carbons (Fsp3) is 0.250. The van der Waals surface area contributed by atoms with Crippen molar-refractivity contribution in [3.05, 3.63) is 62.3 Å². The molecule has 4 rings (SSSR count). The predicted octanol–water partition coefficient (Wildman–Crippen LogP) is 4.01. The van der Waals surface area contributed by atoms with Crippen molar-refractivity contribution >= 4 is 34.6 Å². The highest BCUT2D eigenvalue weighted by Crippen LogP contribution is 2.35. The van der Waals surface area contributed by atoms with Crippen LogP contribution in [0.1, 0.15) is 31.4 Å². The summed E-state index contributed by atoms with van der Waals surface area (Å²) in [6.07, 6.45) is 1.07. The van der Waals surface area contributed by atoms with Crippen molar-refractivity contribution in [2.24, 2.45) is 0 Å². The van der Waals surface area contributed by atoms with Crippen LogP contribution in [0.25, 0.3) is 10.6 Å². The first kappa shape index (κ1) is 17.9. The number of carboxylic acids is 1. The molecule has 1 amide bonds. The van der Waals surface area contributed by atoms with E-state index in [1.54, 1.807) is 40.9 Å². The number of amides is 1. The third-order valence-corrected chi connectivity index (χ3v) is 6.65. The van der Waals surface area contributed by atoms with Crippen LogP contribution < -0.4 is 0 Å². The summed E-state index contributed by atoms with van der Waals surface area (Å²) in [6, 6.07) is 8.74. The van der Waals surface area contributed by atoms with E-state index in [1.807, 2.05) is 11.8 Å². The van der Waals surface area contributed by atoms with Gasteiger partial charge in [0.1, 0.15) is 0 Å². The second kappa shape index (κ2) is 7.25. The molecule has 0 atom stereocenters. The van der Waals surface area contributed by atoms with Gasteiger partial charge in [-0.25, -0.2) is 9.78 Å². The Kier molecular flexibility index (Phi) is 4.80. The number of benzene rings is 1. The molecule has 0 unspecified atom stereocenters. The smallest absolute Gasteiger partial charge is 0.335 e. The molecule has 0 saturated carbocycles. The molecule has 3 aromatic rings. The number of carbonyl (C=O) groups excluding carboxylic acids is 1. The van der Waals surface area contributed by atoms with Crippen LogP contribution in [0, 0.1) is 6.92 Å². The number of thiazole rings is 1. The van der Waals surface area contributed by atoms with Crippen molar-refractivity contribution in [2.45, 2.75) is 26.3 Å². The maximum atomic E-state index is 12.7. The zero-order valence-electron chi connectivity index (χ0n) is 14.8. The summed E-state index contributed by atoms with van der Waals surface area (Å²) >= 11 is 3.41. The van der Waals surface area contributed by atoms with E-state index in [4.69, 9.17) is 5.11 Å². The number of aromatic nitrogens is 1. The molecule has 1 aliphatic rings. The van der Waals surface area contributed by atoms with E-state index < -0.39 is 5.97 Å². The van der Waals surface area contributed by atoms with Crippen LogP contribution in [0.3, 0.4) is 0 Å². The van der Waals surface area contributed by atoms with E-state index in [9.17, 15) is 9.59 Å². The van der Waals surface area contributed by atoms with E-state index >= 15 is 0 Å². The molecule has 138 valence electrons. The number of nitrogens with zero attached hydrogens (tertiary/aromatic N) is 2. The second-order valence-electron chi connectivity index (χ2n) is 6.56. The van der Waals surface area contributed by atoms with Crippen molar-refractivity contribution in [1.29, 1.82) is 0 Å². The number of rotatable bonds is 4. The summed E-state index contributed by atoms with van der Waals surface area (Å²) in [5.41, 5.74) is 3.15. The molecule has 0 fully saturated rings. The number of thiophene rings is 1. The number of aromatic carboxylic acids is 1. The summed E-state index contributed by atoms with van der Waals surface area (Å²) in [5, 5.41) is 12.2. The van der Waals surface area contributed by atoms with Crippen molar-refractivity contribution in [3.8, 4) is 10.6 Å². The lowest BCUT2D eigenvalue weighted by atomic mass is 10.1. The Morgan fingerprint density at radius 3 is 2.89 bits per heavy atom. The third-order valence-electron chi connectivity index (χ3n) is 4.62. The largest absolute Gasteiger partial charge is 0.478 e. The number of hydrogen-bond acceptors (Lipinski definition) is 5. The van der Waals surface area contributed by atoms with E-state index in [-0.39, 0.29) is 17.9 Å². The highest BCUT2D eigenvalue weighted by molar-refractivity contribution is 7.16. The van der Waals surface area contributed by atoms with E-state index in [0.29, 0.717) is 13.1 Å². The summed E-state index contributed by atoms with van der Waals surface area (Å²) in [4.78, 5) is 32.7. The standard InChI is InChI=1S/C20H18N2O3S2/c1-12-21-16(11-26-12)18-9-15-10-22(6-5-17(15)27-18)19(23)8-13-3-2-4-14(7-13)20(24)25/h2-4,7,9,11H,5-6,8,10H2,1H3,(H,24,25). The van der Waals surface area contributed by atoms with Gasteiger partial charge in [0.05, 0.1) is 27.6 Å². The van der Waals surface area contributed by atoms with Crippen molar-refractivity contribution in [3.63, 3.8) is 0 Å². The van der Waals surface area contributed by atoms with Crippen LogP contribution in [0.5, 0.6) is 0 Å². The lowest BCUT2D eigenvalue weighted by Gasteiger charge is -2.27. The first-order valence-electron chi connectivity index (χ1n) is 8.63. The molecule has 0 spiro atoms. The summed E-state index contributed by atoms with van der Waals surface area (Å²) in [6.45, 7) is 3.30. The SMILES string of the molecule is Cc1nc(-c2cc3c(s2)CCN(C(=O)Cc2cccc(C(=O)O)c2)C3)cs1. The van der Waals surface area contributed by atoms with E-state index in [2.05, 4.69) is 16.4 Å². The van der Waals surface area contributed by atoms with Crippen LogP contribution in [0.15, 0.2) is 35.7 Å². The topological polar surface area (TPSA) is 70.5 Å². The van der Waals surface area contributed by atoms with Crippen molar-refractivity contribution < 1.29 is 14.7 Å². The maximum Gasteiger partial charge on any atom is 0.335 e. The van der Waals surface area contributed by atoms with Gasteiger partial charge in [0, 0.05) is 23.3 Å². The van der Waals surface area contributed by atoms with Gasteiger partial charge < -0.3 is 10.0 Å².